The van der Waals surface area contributed by atoms with E-state index in [1.54, 1.807) is 0 Å². The van der Waals surface area contributed by atoms with E-state index in [0.717, 1.165) is 0 Å². The molecule has 1 heterocycles. The van der Waals surface area contributed by atoms with Gasteiger partial charge in [-0.1, -0.05) is 23.7 Å². The molecule has 1 saturated heterocycles. The van der Waals surface area contributed by atoms with Crippen LogP contribution < -0.4 is 5.32 Å². The lowest BCUT2D eigenvalue weighted by molar-refractivity contribution is -0.384. The number of hydrogen-bond donors (Lipinski definition) is 2. The molecule has 1 aliphatic rings. The lowest BCUT2D eigenvalue weighted by Gasteiger charge is -2.25. The summed E-state index contributed by atoms with van der Waals surface area (Å²) in [5.41, 5.74) is 0.124. The van der Waals surface area contributed by atoms with Crippen LogP contribution in [-0.2, 0) is 14.4 Å². The van der Waals surface area contributed by atoms with Crippen molar-refractivity contribution in [2.45, 2.75) is 13.0 Å². The van der Waals surface area contributed by atoms with Crippen molar-refractivity contribution >= 4 is 40.6 Å². The molecule has 10 heteroatoms. The van der Waals surface area contributed by atoms with Crippen LogP contribution in [0.15, 0.2) is 54.1 Å². The predicted octanol–water partition coefficient (Wildman–Crippen LogP) is 2.81. The third-order valence-corrected chi connectivity index (χ3v) is 5.03. The summed E-state index contributed by atoms with van der Waals surface area (Å²) in [5, 5.41) is 25.1. The Balaban J connectivity index is 2.14. The number of nitrogens with zero attached hydrogens (tertiary/aromatic N) is 2. The molecule has 2 N–H and O–H groups in total. The van der Waals surface area contributed by atoms with Crippen LogP contribution in [0.1, 0.15) is 24.1 Å². The molecule has 9 nitrogen and oxygen atoms in total. The molecular weight excluding hydrogens is 426 g/mol. The molecule has 0 spiro atoms. The van der Waals surface area contributed by atoms with Crippen LogP contribution in [0.25, 0.3) is 5.76 Å². The highest BCUT2D eigenvalue weighted by Crippen LogP contribution is 2.40. The molecule has 0 saturated carbocycles. The molecule has 1 aliphatic heterocycles. The number of carbonyl (C=O) groups excluding carboxylic acids is 3. The first-order chi connectivity index (χ1) is 14.7. The van der Waals surface area contributed by atoms with Crippen LogP contribution in [0, 0.1) is 10.1 Å². The monoisotopic (exact) mass is 443 g/mol. The average molecular weight is 444 g/mol. The molecule has 0 aliphatic carbocycles. The number of carbonyl (C=O) groups is 3. The standard InChI is InChI=1S/C21H18ClN3O6/c1-12(26)23-9-10-24-18(14-3-2-4-16(11-14)25(30)31)17(20(28)21(24)29)19(27)13-5-7-15(22)8-6-13/h2-8,11,18,27H,9-10H2,1H3,(H,23,26). The minimum Gasteiger partial charge on any atom is -0.507 e. The molecule has 1 unspecified atom stereocenters. The molecule has 1 atom stereocenters. The van der Waals surface area contributed by atoms with E-state index in [-0.39, 0.29) is 41.4 Å². The first kappa shape index (κ1) is 22.0. The Morgan fingerprint density at radius 1 is 1.23 bits per heavy atom. The van der Waals surface area contributed by atoms with Gasteiger partial charge in [0.05, 0.1) is 16.5 Å². The van der Waals surface area contributed by atoms with Gasteiger partial charge in [0, 0.05) is 42.7 Å². The van der Waals surface area contributed by atoms with Crippen molar-refractivity contribution in [1.29, 1.82) is 0 Å². The lowest BCUT2D eigenvalue weighted by atomic mass is 9.95. The normalized spacial score (nSPS) is 17.6. The summed E-state index contributed by atoms with van der Waals surface area (Å²) >= 11 is 5.88. The van der Waals surface area contributed by atoms with Crippen molar-refractivity contribution in [3.63, 3.8) is 0 Å². The number of nitro benzene ring substituents is 1. The fraction of sp³-hybridized carbons (Fsp3) is 0.190. The number of aliphatic hydroxyl groups is 1. The maximum absolute atomic E-state index is 12.8. The Morgan fingerprint density at radius 3 is 2.52 bits per heavy atom. The zero-order chi connectivity index (χ0) is 22.7. The highest BCUT2D eigenvalue weighted by molar-refractivity contribution is 6.46. The molecule has 0 bridgehead atoms. The predicted molar refractivity (Wildman–Crippen MR) is 112 cm³/mol. The van der Waals surface area contributed by atoms with Gasteiger partial charge in [-0.2, -0.15) is 0 Å². The van der Waals surface area contributed by atoms with E-state index in [9.17, 15) is 29.6 Å². The Hall–Kier alpha value is -3.72. The van der Waals surface area contributed by atoms with Crippen molar-refractivity contribution < 1.29 is 24.4 Å². The number of likely N-dealkylation sites (tertiary alicyclic amines) is 1. The number of non-ortho nitro benzene ring substituents is 1. The molecule has 0 aromatic heterocycles. The van der Waals surface area contributed by atoms with E-state index in [1.165, 1.54) is 60.4 Å². The average Bonchev–Trinajstić information content (AvgIpc) is 2.98. The number of amides is 2. The number of halogens is 1. The number of ketones is 1. The molecule has 2 amide bonds. The summed E-state index contributed by atoms with van der Waals surface area (Å²) < 4.78 is 0. The number of benzene rings is 2. The third-order valence-electron chi connectivity index (χ3n) is 4.78. The van der Waals surface area contributed by atoms with Crippen molar-refractivity contribution in [1.82, 2.24) is 10.2 Å². The molecule has 2 aromatic carbocycles. The molecule has 0 radical (unpaired) electrons. The number of nitrogens with one attached hydrogen (secondary N) is 1. The Bertz CT molecular complexity index is 1100. The molecular formula is C21H18ClN3O6. The first-order valence-corrected chi connectivity index (χ1v) is 9.61. The summed E-state index contributed by atoms with van der Waals surface area (Å²) in [7, 11) is 0. The first-order valence-electron chi connectivity index (χ1n) is 9.24. The van der Waals surface area contributed by atoms with Gasteiger partial charge in [0.1, 0.15) is 5.76 Å². The van der Waals surface area contributed by atoms with Crippen LogP contribution >= 0.6 is 11.6 Å². The van der Waals surface area contributed by atoms with Gasteiger partial charge in [0.15, 0.2) is 0 Å². The summed E-state index contributed by atoms with van der Waals surface area (Å²) in [4.78, 5) is 48.6. The topological polar surface area (TPSA) is 130 Å². The zero-order valence-corrected chi connectivity index (χ0v) is 17.1. The number of rotatable bonds is 6. The summed E-state index contributed by atoms with van der Waals surface area (Å²) in [5.74, 6) is -2.54. The maximum atomic E-state index is 12.8. The van der Waals surface area contributed by atoms with Gasteiger partial charge >= 0.3 is 0 Å². The Morgan fingerprint density at radius 2 is 1.90 bits per heavy atom. The zero-order valence-electron chi connectivity index (χ0n) is 16.4. The summed E-state index contributed by atoms with van der Waals surface area (Å²) in [6.45, 7) is 1.34. The molecule has 2 aromatic rings. The van der Waals surface area contributed by atoms with Crippen molar-refractivity contribution in [2.75, 3.05) is 13.1 Å². The SMILES string of the molecule is CC(=O)NCCN1C(=O)C(=O)C(=C(O)c2ccc(Cl)cc2)C1c1cccc([N+](=O)[O-])c1. The maximum Gasteiger partial charge on any atom is 0.295 e. The molecule has 3 rings (SSSR count). The van der Waals surface area contributed by atoms with Crippen molar-refractivity contribution in [3.05, 3.63) is 80.4 Å². The van der Waals surface area contributed by atoms with Crippen LogP contribution in [0.5, 0.6) is 0 Å². The number of hydrogen-bond acceptors (Lipinski definition) is 6. The minimum atomic E-state index is -1.07. The van der Waals surface area contributed by atoms with Gasteiger partial charge in [0.2, 0.25) is 5.91 Å². The van der Waals surface area contributed by atoms with Gasteiger partial charge in [-0.25, -0.2) is 0 Å². The van der Waals surface area contributed by atoms with Crippen LogP contribution in [0.3, 0.4) is 0 Å². The Labute approximate surface area is 182 Å². The van der Waals surface area contributed by atoms with Crippen LogP contribution in [0.4, 0.5) is 5.69 Å². The smallest absolute Gasteiger partial charge is 0.295 e. The second-order valence-electron chi connectivity index (χ2n) is 6.83. The van der Waals surface area contributed by atoms with Crippen LogP contribution in [0.2, 0.25) is 5.02 Å². The van der Waals surface area contributed by atoms with Crippen molar-refractivity contribution in [2.24, 2.45) is 0 Å². The van der Waals surface area contributed by atoms with E-state index in [4.69, 9.17) is 11.6 Å². The number of nitro groups is 1. The third kappa shape index (κ3) is 4.56. The van der Waals surface area contributed by atoms with Gasteiger partial charge in [-0.05, 0) is 29.8 Å². The second kappa shape index (κ2) is 8.97. The highest BCUT2D eigenvalue weighted by atomic mass is 35.5. The Kier molecular flexibility index (Phi) is 6.36. The number of Topliss-reactive ketones (excluding diaryl/α,β-unsaturated/α-hetero) is 1. The second-order valence-corrected chi connectivity index (χ2v) is 7.27. The van der Waals surface area contributed by atoms with Crippen molar-refractivity contribution in [3.8, 4) is 0 Å². The van der Waals surface area contributed by atoms with Gasteiger partial charge in [-0.3, -0.25) is 24.5 Å². The van der Waals surface area contributed by atoms with Gasteiger partial charge < -0.3 is 15.3 Å². The van der Waals surface area contributed by atoms with E-state index < -0.39 is 28.4 Å². The van der Waals surface area contributed by atoms with Crippen LogP contribution in [-0.4, -0.2) is 45.6 Å². The fourth-order valence-electron chi connectivity index (χ4n) is 3.38. The van der Waals surface area contributed by atoms with E-state index in [1.807, 2.05) is 0 Å². The quantitative estimate of drug-likeness (QED) is 0.232. The summed E-state index contributed by atoms with van der Waals surface area (Å²) in [6.07, 6.45) is 0. The summed E-state index contributed by atoms with van der Waals surface area (Å²) in [6, 6.07) is 10.5. The van der Waals surface area contributed by atoms with E-state index >= 15 is 0 Å². The lowest BCUT2D eigenvalue weighted by Crippen LogP contribution is -2.37. The molecule has 1 fully saturated rings. The minimum absolute atomic E-state index is 0.0328. The van der Waals surface area contributed by atoms with Gasteiger partial charge in [-0.15, -0.1) is 0 Å². The largest absolute Gasteiger partial charge is 0.507 e. The molecule has 160 valence electrons. The van der Waals surface area contributed by atoms with E-state index in [2.05, 4.69) is 5.32 Å². The fourth-order valence-corrected chi connectivity index (χ4v) is 3.51. The molecule has 31 heavy (non-hydrogen) atoms. The van der Waals surface area contributed by atoms with Gasteiger partial charge in [0.25, 0.3) is 17.4 Å². The highest BCUT2D eigenvalue weighted by Gasteiger charge is 2.46. The number of aliphatic hydroxyl groups excluding tert-OH is 1. The van der Waals surface area contributed by atoms with E-state index in [0.29, 0.717) is 5.02 Å².